The van der Waals surface area contributed by atoms with Gasteiger partial charge in [0.1, 0.15) is 0 Å². The summed E-state index contributed by atoms with van der Waals surface area (Å²) in [6, 6.07) is 0.156. The van der Waals surface area contributed by atoms with Crippen LogP contribution in [0.25, 0.3) is 0 Å². The highest BCUT2D eigenvalue weighted by atomic mass is 16.3. The molecule has 1 heterocycles. The number of H-pyrrole nitrogens is 1. The van der Waals surface area contributed by atoms with Gasteiger partial charge in [-0.25, -0.2) is 4.98 Å². The van der Waals surface area contributed by atoms with E-state index in [1.807, 2.05) is 0 Å². The molecule has 0 spiro atoms. The minimum atomic E-state index is 0.156. The van der Waals surface area contributed by atoms with Gasteiger partial charge in [-0.15, -0.1) is 0 Å². The van der Waals surface area contributed by atoms with Crippen molar-refractivity contribution >= 4 is 0 Å². The first-order chi connectivity index (χ1) is 6.24. The Balaban J connectivity index is 2.32. The summed E-state index contributed by atoms with van der Waals surface area (Å²) >= 11 is 0. The highest BCUT2D eigenvalue weighted by Gasteiger charge is 2.10. The normalized spacial score (nSPS) is 13.5. The van der Waals surface area contributed by atoms with Crippen LogP contribution in [0.4, 0.5) is 0 Å². The molecule has 0 aromatic carbocycles. The Morgan fingerprint density at radius 1 is 1.62 bits per heavy atom. The molecule has 0 unspecified atom stereocenters. The van der Waals surface area contributed by atoms with Crippen molar-refractivity contribution in [1.29, 1.82) is 0 Å². The van der Waals surface area contributed by atoms with Gasteiger partial charge in [0, 0.05) is 24.5 Å². The summed E-state index contributed by atoms with van der Waals surface area (Å²) in [5.74, 6) is 0.438. The van der Waals surface area contributed by atoms with Gasteiger partial charge in [0.25, 0.3) is 0 Å². The monoisotopic (exact) mass is 183 g/mol. The standard InChI is InChI=1S/C9H17N3O/c1-7(2)9(5-13)11-4-8-3-10-6-12-8/h3,6-7,9,11,13H,4-5H2,1-2H3,(H,10,12)/t9-/m1/s1. The van der Waals surface area contributed by atoms with Crippen LogP contribution in [0.1, 0.15) is 19.5 Å². The van der Waals surface area contributed by atoms with Crippen molar-refractivity contribution in [2.45, 2.75) is 26.4 Å². The molecule has 0 aliphatic carbocycles. The molecule has 0 fully saturated rings. The van der Waals surface area contributed by atoms with E-state index in [-0.39, 0.29) is 12.6 Å². The van der Waals surface area contributed by atoms with Crippen LogP contribution in [0.5, 0.6) is 0 Å². The van der Waals surface area contributed by atoms with Gasteiger partial charge < -0.3 is 15.4 Å². The highest BCUT2D eigenvalue weighted by Crippen LogP contribution is 2.01. The van der Waals surface area contributed by atoms with E-state index in [2.05, 4.69) is 29.1 Å². The Bertz CT molecular complexity index is 221. The average molecular weight is 183 g/mol. The van der Waals surface area contributed by atoms with Gasteiger partial charge in [-0.2, -0.15) is 0 Å². The van der Waals surface area contributed by atoms with E-state index >= 15 is 0 Å². The molecule has 0 saturated carbocycles. The Kier molecular flexibility index (Phi) is 3.92. The maximum atomic E-state index is 9.04. The lowest BCUT2D eigenvalue weighted by Crippen LogP contribution is -2.36. The third-order valence-corrected chi connectivity index (χ3v) is 2.11. The van der Waals surface area contributed by atoms with E-state index < -0.39 is 0 Å². The molecule has 4 nitrogen and oxygen atoms in total. The zero-order valence-electron chi connectivity index (χ0n) is 8.12. The van der Waals surface area contributed by atoms with Crippen molar-refractivity contribution < 1.29 is 5.11 Å². The fourth-order valence-corrected chi connectivity index (χ4v) is 1.13. The molecule has 0 radical (unpaired) electrons. The van der Waals surface area contributed by atoms with Crippen LogP contribution in [-0.2, 0) is 6.54 Å². The lowest BCUT2D eigenvalue weighted by Gasteiger charge is -2.19. The minimum Gasteiger partial charge on any atom is -0.395 e. The summed E-state index contributed by atoms with van der Waals surface area (Å²) in [5.41, 5.74) is 1.04. The van der Waals surface area contributed by atoms with Crippen LogP contribution in [0.2, 0.25) is 0 Å². The molecule has 1 aromatic heterocycles. The molecule has 74 valence electrons. The maximum Gasteiger partial charge on any atom is 0.0922 e. The van der Waals surface area contributed by atoms with Crippen LogP contribution < -0.4 is 5.32 Å². The van der Waals surface area contributed by atoms with Crippen molar-refractivity contribution in [2.24, 2.45) is 5.92 Å². The van der Waals surface area contributed by atoms with Crippen LogP contribution >= 0.6 is 0 Å². The summed E-state index contributed by atoms with van der Waals surface area (Å²) in [7, 11) is 0. The molecule has 0 amide bonds. The number of hydrogen-bond donors (Lipinski definition) is 3. The number of aliphatic hydroxyl groups is 1. The van der Waals surface area contributed by atoms with Crippen LogP contribution in [0.15, 0.2) is 12.5 Å². The SMILES string of the molecule is CC(C)[C@@H](CO)NCc1cnc[nH]1. The molecule has 0 aliphatic heterocycles. The topological polar surface area (TPSA) is 60.9 Å². The van der Waals surface area contributed by atoms with E-state index in [1.54, 1.807) is 12.5 Å². The number of imidazole rings is 1. The van der Waals surface area contributed by atoms with Crippen molar-refractivity contribution in [3.05, 3.63) is 18.2 Å². The molecule has 1 aromatic rings. The predicted octanol–water partition coefficient (Wildman–Crippen LogP) is 0.516. The largest absolute Gasteiger partial charge is 0.395 e. The number of aromatic nitrogens is 2. The molecule has 0 bridgehead atoms. The predicted molar refractivity (Wildman–Crippen MR) is 51.1 cm³/mol. The molecule has 0 saturated heterocycles. The third-order valence-electron chi connectivity index (χ3n) is 2.11. The molecular formula is C9H17N3O. The highest BCUT2D eigenvalue weighted by molar-refractivity contribution is 4.93. The van der Waals surface area contributed by atoms with E-state index in [1.165, 1.54) is 0 Å². The van der Waals surface area contributed by atoms with Crippen molar-refractivity contribution in [1.82, 2.24) is 15.3 Å². The second-order valence-corrected chi connectivity index (χ2v) is 3.49. The third kappa shape index (κ3) is 3.16. The van der Waals surface area contributed by atoms with Gasteiger partial charge in [-0.1, -0.05) is 13.8 Å². The van der Waals surface area contributed by atoms with Gasteiger partial charge >= 0.3 is 0 Å². The molecule has 3 N–H and O–H groups in total. The summed E-state index contributed by atoms with van der Waals surface area (Å²) in [6.45, 7) is 5.07. The molecule has 4 heteroatoms. The van der Waals surface area contributed by atoms with Crippen molar-refractivity contribution in [3.63, 3.8) is 0 Å². The Hall–Kier alpha value is -0.870. The average Bonchev–Trinajstić information content (AvgIpc) is 2.57. The Labute approximate surface area is 78.4 Å². The fraction of sp³-hybridized carbons (Fsp3) is 0.667. The lowest BCUT2D eigenvalue weighted by atomic mass is 10.1. The molecule has 0 aliphatic rings. The quantitative estimate of drug-likeness (QED) is 0.623. The van der Waals surface area contributed by atoms with E-state index in [0.29, 0.717) is 5.92 Å². The van der Waals surface area contributed by atoms with Crippen molar-refractivity contribution in [2.75, 3.05) is 6.61 Å². The molecular weight excluding hydrogens is 166 g/mol. The second-order valence-electron chi connectivity index (χ2n) is 3.49. The summed E-state index contributed by atoms with van der Waals surface area (Å²) in [6.07, 6.45) is 3.43. The van der Waals surface area contributed by atoms with Gasteiger partial charge in [0.15, 0.2) is 0 Å². The first-order valence-corrected chi connectivity index (χ1v) is 4.55. The van der Waals surface area contributed by atoms with E-state index in [0.717, 1.165) is 12.2 Å². The summed E-state index contributed by atoms with van der Waals surface area (Å²) in [4.78, 5) is 6.91. The molecule has 1 atom stereocenters. The van der Waals surface area contributed by atoms with Gasteiger partial charge in [-0.3, -0.25) is 0 Å². The van der Waals surface area contributed by atoms with E-state index in [4.69, 9.17) is 5.11 Å². The smallest absolute Gasteiger partial charge is 0.0922 e. The zero-order valence-corrected chi connectivity index (χ0v) is 8.12. The number of aliphatic hydroxyl groups excluding tert-OH is 1. The Morgan fingerprint density at radius 2 is 2.38 bits per heavy atom. The zero-order chi connectivity index (χ0) is 9.68. The van der Waals surface area contributed by atoms with Gasteiger partial charge in [0.05, 0.1) is 12.9 Å². The molecule has 1 rings (SSSR count). The second kappa shape index (κ2) is 4.99. The minimum absolute atomic E-state index is 0.156. The van der Waals surface area contributed by atoms with E-state index in [9.17, 15) is 0 Å². The lowest BCUT2D eigenvalue weighted by molar-refractivity contribution is 0.209. The number of nitrogens with zero attached hydrogens (tertiary/aromatic N) is 1. The van der Waals surface area contributed by atoms with Crippen molar-refractivity contribution in [3.8, 4) is 0 Å². The van der Waals surface area contributed by atoms with Crippen LogP contribution in [-0.4, -0.2) is 27.7 Å². The number of nitrogens with one attached hydrogen (secondary N) is 2. The van der Waals surface area contributed by atoms with Crippen LogP contribution in [0.3, 0.4) is 0 Å². The van der Waals surface area contributed by atoms with Crippen LogP contribution in [0, 0.1) is 5.92 Å². The Morgan fingerprint density at radius 3 is 2.85 bits per heavy atom. The maximum absolute atomic E-state index is 9.04. The first-order valence-electron chi connectivity index (χ1n) is 4.55. The summed E-state index contributed by atoms with van der Waals surface area (Å²) < 4.78 is 0. The van der Waals surface area contributed by atoms with Gasteiger partial charge in [-0.05, 0) is 5.92 Å². The fourth-order valence-electron chi connectivity index (χ4n) is 1.13. The number of rotatable bonds is 5. The van der Waals surface area contributed by atoms with Gasteiger partial charge in [0.2, 0.25) is 0 Å². The number of aromatic amines is 1. The molecule has 13 heavy (non-hydrogen) atoms. The summed E-state index contributed by atoms with van der Waals surface area (Å²) in [5, 5.41) is 12.3. The first kappa shape index (κ1) is 10.2. The number of hydrogen-bond acceptors (Lipinski definition) is 3.